The molecule has 4 unspecified atom stereocenters. The lowest BCUT2D eigenvalue weighted by atomic mass is 9.87. The maximum Gasteiger partial charge on any atom is 0.513 e. The van der Waals surface area contributed by atoms with Crippen LogP contribution in [0.3, 0.4) is 0 Å². The van der Waals surface area contributed by atoms with Gasteiger partial charge in [0.05, 0.1) is 19.8 Å². The molecule has 1 rings (SSSR count). The molecule has 3 N–H and O–H groups in total. The van der Waals surface area contributed by atoms with Gasteiger partial charge in [-0.2, -0.15) is 0 Å². The molecule has 220 valence electrons. The number of carbonyl (C=O) groups excluding carboxylic acids is 3. The van der Waals surface area contributed by atoms with Gasteiger partial charge in [0.25, 0.3) is 0 Å². The van der Waals surface area contributed by atoms with Gasteiger partial charge in [0.2, 0.25) is 0 Å². The van der Waals surface area contributed by atoms with Crippen LogP contribution in [-0.4, -0.2) is 61.5 Å². The number of aliphatic carboxylic acids is 1. The zero-order valence-electron chi connectivity index (χ0n) is 23.5. The molecule has 0 saturated heterocycles. The zero-order chi connectivity index (χ0) is 29.5. The normalized spacial score (nSPS) is 14.6. The lowest BCUT2D eigenvalue weighted by Crippen LogP contribution is -2.38. The van der Waals surface area contributed by atoms with E-state index >= 15 is 0 Å². The molecule has 0 saturated carbocycles. The molecule has 5 atom stereocenters. The van der Waals surface area contributed by atoms with Crippen LogP contribution in [-0.2, 0) is 23.7 Å². The number of hydrogen-bond donors (Lipinski definition) is 2. The quantitative estimate of drug-likeness (QED) is 0.164. The van der Waals surface area contributed by atoms with Crippen molar-refractivity contribution in [3.8, 4) is 11.5 Å². The number of ether oxygens (including phenoxy) is 6. The Bertz CT molecular complexity index is 952. The van der Waals surface area contributed by atoms with E-state index in [0.717, 1.165) is 12.8 Å². The van der Waals surface area contributed by atoms with Gasteiger partial charge < -0.3 is 39.3 Å². The minimum Gasteiger partial charge on any atom is -0.480 e. The van der Waals surface area contributed by atoms with Gasteiger partial charge in [0, 0.05) is 5.92 Å². The molecule has 39 heavy (non-hydrogen) atoms. The lowest BCUT2D eigenvalue weighted by molar-refractivity contribution is -0.139. The van der Waals surface area contributed by atoms with Crippen LogP contribution in [0.25, 0.3) is 0 Å². The number of hydrogen-bond acceptors (Lipinski definition) is 11. The van der Waals surface area contributed by atoms with Crippen molar-refractivity contribution in [3.05, 3.63) is 23.8 Å². The average molecular weight is 556 g/mol. The Morgan fingerprint density at radius 2 is 1.36 bits per heavy atom. The van der Waals surface area contributed by atoms with Crippen molar-refractivity contribution >= 4 is 24.4 Å². The largest absolute Gasteiger partial charge is 0.513 e. The van der Waals surface area contributed by atoms with Gasteiger partial charge >= 0.3 is 24.4 Å². The van der Waals surface area contributed by atoms with Crippen LogP contribution in [0.4, 0.5) is 14.4 Å². The van der Waals surface area contributed by atoms with Gasteiger partial charge in [-0.1, -0.05) is 46.6 Å². The van der Waals surface area contributed by atoms with E-state index in [9.17, 15) is 24.3 Å². The molecule has 0 aromatic heterocycles. The van der Waals surface area contributed by atoms with E-state index in [2.05, 4.69) is 0 Å². The molecule has 0 bridgehead atoms. The number of rotatable bonds is 15. The highest BCUT2D eigenvalue weighted by Gasteiger charge is 2.30. The third-order valence-corrected chi connectivity index (χ3v) is 6.01. The topological polar surface area (TPSA) is 170 Å². The average Bonchev–Trinajstić information content (AvgIpc) is 2.89. The second-order valence-electron chi connectivity index (χ2n) is 9.38. The van der Waals surface area contributed by atoms with Crippen LogP contribution < -0.4 is 15.2 Å². The van der Waals surface area contributed by atoms with Crippen LogP contribution in [0.1, 0.15) is 72.3 Å². The van der Waals surface area contributed by atoms with Crippen molar-refractivity contribution < 1.29 is 52.7 Å². The number of benzene rings is 1. The highest BCUT2D eigenvalue weighted by atomic mass is 16.7. The summed E-state index contributed by atoms with van der Waals surface area (Å²) in [4.78, 5) is 48.2. The third-order valence-electron chi connectivity index (χ3n) is 6.01. The highest BCUT2D eigenvalue weighted by Crippen LogP contribution is 2.35. The highest BCUT2D eigenvalue weighted by molar-refractivity contribution is 5.75. The maximum absolute atomic E-state index is 12.4. The van der Waals surface area contributed by atoms with Gasteiger partial charge in [-0.25, -0.2) is 14.4 Å². The number of carboxylic acid groups (broad SMARTS) is 1. The van der Waals surface area contributed by atoms with Crippen molar-refractivity contribution in [3.63, 3.8) is 0 Å². The summed E-state index contributed by atoms with van der Waals surface area (Å²) >= 11 is 0. The van der Waals surface area contributed by atoms with Crippen molar-refractivity contribution in [2.75, 3.05) is 19.8 Å². The van der Waals surface area contributed by atoms with E-state index in [1.165, 1.54) is 18.2 Å². The van der Waals surface area contributed by atoms with E-state index < -0.39 is 42.5 Å². The summed E-state index contributed by atoms with van der Waals surface area (Å²) in [6, 6.07) is 2.72. The van der Waals surface area contributed by atoms with Gasteiger partial charge in [-0.05, 0) is 49.8 Å². The monoisotopic (exact) mass is 555 g/mol. The Morgan fingerprint density at radius 1 is 0.821 bits per heavy atom. The molecule has 0 aliphatic carbocycles. The molecule has 0 spiro atoms. The first-order chi connectivity index (χ1) is 18.4. The first kappa shape index (κ1) is 33.5. The molecule has 0 radical (unpaired) electrons. The molecule has 12 heteroatoms. The summed E-state index contributed by atoms with van der Waals surface area (Å²) in [5, 5.41) is 9.60. The van der Waals surface area contributed by atoms with E-state index in [1.54, 1.807) is 13.8 Å². The van der Waals surface area contributed by atoms with Crippen LogP contribution in [0, 0.1) is 11.8 Å². The first-order valence-electron chi connectivity index (χ1n) is 13.1. The van der Waals surface area contributed by atoms with Gasteiger partial charge in [-0.3, -0.25) is 4.79 Å². The van der Waals surface area contributed by atoms with Gasteiger partial charge in [0.15, 0.2) is 11.5 Å². The molecule has 12 nitrogen and oxygen atoms in total. The minimum absolute atomic E-state index is 0.00132. The molecule has 0 amide bonds. The predicted octanol–water partition coefficient (Wildman–Crippen LogP) is 5.26. The Morgan fingerprint density at radius 3 is 1.85 bits per heavy atom. The van der Waals surface area contributed by atoms with Crippen LogP contribution in [0.5, 0.6) is 11.5 Å². The predicted molar refractivity (Wildman–Crippen MR) is 140 cm³/mol. The second kappa shape index (κ2) is 17.1. The number of nitrogens with two attached hydrogens (primary N) is 1. The van der Waals surface area contributed by atoms with Crippen molar-refractivity contribution in [1.82, 2.24) is 0 Å². The standard InChI is InChI=1S/C27H41NO11/c1-7-16(4)14-35-26(32)38-21-11-10-19(13-22(21)39-27(33)36-15-17(5)8-2)20(23(28)24(29)30)12-18(6)37-25(31)34-9-3/h10-11,13,16-18,20,23H,7-9,12,14-15,28H2,1-6H3,(H,29,30)/t16?,17?,18?,20?,23-/m0/s1. The van der Waals surface area contributed by atoms with Crippen LogP contribution >= 0.6 is 0 Å². The van der Waals surface area contributed by atoms with Crippen LogP contribution in [0.15, 0.2) is 18.2 Å². The molecule has 1 aromatic carbocycles. The molecular formula is C27H41NO11. The van der Waals surface area contributed by atoms with E-state index in [4.69, 9.17) is 34.2 Å². The minimum atomic E-state index is -1.41. The van der Waals surface area contributed by atoms with Crippen molar-refractivity contribution in [2.24, 2.45) is 17.6 Å². The van der Waals surface area contributed by atoms with E-state index in [-0.39, 0.29) is 49.6 Å². The van der Waals surface area contributed by atoms with Crippen LogP contribution in [0.2, 0.25) is 0 Å². The summed E-state index contributed by atoms with van der Waals surface area (Å²) in [5.41, 5.74) is 6.30. The summed E-state index contributed by atoms with van der Waals surface area (Å²) in [6.45, 7) is 11.2. The first-order valence-corrected chi connectivity index (χ1v) is 13.1. The van der Waals surface area contributed by atoms with Gasteiger partial charge in [-0.15, -0.1) is 0 Å². The third kappa shape index (κ3) is 12.2. The molecule has 0 aliphatic rings. The van der Waals surface area contributed by atoms with Gasteiger partial charge in [0.1, 0.15) is 12.1 Å². The SMILES string of the molecule is CCOC(=O)OC(C)CC(c1ccc(OC(=O)OCC(C)CC)c(OC(=O)OCC(C)CC)c1)[C@H](N)C(=O)O. The fourth-order valence-electron chi connectivity index (χ4n) is 3.20. The fraction of sp³-hybridized carbons (Fsp3) is 0.630. The number of carbonyl (C=O) groups is 4. The molecular weight excluding hydrogens is 514 g/mol. The smallest absolute Gasteiger partial charge is 0.480 e. The molecule has 0 fully saturated rings. The molecule has 0 aliphatic heterocycles. The summed E-state index contributed by atoms with van der Waals surface area (Å²) in [5.74, 6) is -2.34. The van der Waals surface area contributed by atoms with E-state index in [1.807, 2.05) is 27.7 Å². The van der Waals surface area contributed by atoms with Crippen molar-refractivity contribution in [1.29, 1.82) is 0 Å². The van der Waals surface area contributed by atoms with E-state index in [0.29, 0.717) is 5.56 Å². The Balaban J connectivity index is 3.29. The summed E-state index contributed by atoms with van der Waals surface area (Å²) in [7, 11) is 0. The zero-order valence-corrected chi connectivity index (χ0v) is 23.5. The summed E-state index contributed by atoms with van der Waals surface area (Å²) in [6.07, 6.45) is -2.14. The maximum atomic E-state index is 12.4. The molecule has 0 heterocycles. The lowest BCUT2D eigenvalue weighted by Gasteiger charge is -2.25. The Labute approximate surface area is 229 Å². The second-order valence-corrected chi connectivity index (χ2v) is 9.38. The Kier molecular flexibility index (Phi) is 14.7. The fourth-order valence-corrected chi connectivity index (χ4v) is 3.20. The molecule has 1 aromatic rings. The number of carboxylic acids is 1. The Hall–Kier alpha value is -3.54. The van der Waals surface area contributed by atoms with Crippen molar-refractivity contribution in [2.45, 2.75) is 78.9 Å². The summed E-state index contributed by atoms with van der Waals surface area (Å²) < 4.78 is 30.8.